The van der Waals surface area contributed by atoms with Crippen molar-refractivity contribution in [3.05, 3.63) is 76.4 Å². The lowest BCUT2D eigenvalue weighted by atomic mass is 10.1. The number of fused-ring (bicyclic) bond motifs is 1. The molecule has 0 saturated carbocycles. The van der Waals surface area contributed by atoms with Crippen molar-refractivity contribution in [1.29, 1.82) is 0 Å². The molecule has 5 nitrogen and oxygen atoms in total. The van der Waals surface area contributed by atoms with Gasteiger partial charge in [-0.1, -0.05) is 30.3 Å². The first kappa shape index (κ1) is 15.8. The van der Waals surface area contributed by atoms with E-state index in [9.17, 15) is 9.59 Å². The Labute approximate surface area is 139 Å². The Hall–Kier alpha value is -3.08. The van der Waals surface area contributed by atoms with E-state index >= 15 is 0 Å². The zero-order valence-corrected chi connectivity index (χ0v) is 13.4. The topological polar surface area (TPSA) is 64.2 Å². The molecule has 1 amide bonds. The van der Waals surface area contributed by atoms with E-state index < -0.39 is 0 Å². The van der Waals surface area contributed by atoms with E-state index in [1.807, 2.05) is 42.5 Å². The van der Waals surface area contributed by atoms with Crippen LogP contribution in [0.3, 0.4) is 0 Å². The molecule has 5 heteroatoms. The number of aromatic nitrogens is 1. The monoisotopic (exact) mass is 322 g/mol. The van der Waals surface area contributed by atoms with Crippen molar-refractivity contribution in [3.8, 4) is 0 Å². The molecule has 0 saturated heterocycles. The number of hydrogen-bond donors (Lipinski definition) is 1. The van der Waals surface area contributed by atoms with Crippen LogP contribution in [0, 0.1) is 0 Å². The number of furan rings is 1. The van der Waals surface area contributed by atoms with E-state index in [1.54, 1.807) is 19.2 Å². The van der Waals surface area contributed by atoms with Crippen LogP contribution in [0.5, 0.6) is 0 Å². The molecule has 1 N–H and O–H groups in total. The summed E-state index contributed by atoms with van der Waals surface area (Å²) in [6.45, 7) is 2.52. The Bertz CT molecular complexity index is 936. The normalized spacial score (nSPS) is 11.6. The van der Waals surface area contributed by atoms with E-state index in [4.69, 9.17) is 4.42 Å². The molecular formula is C19H18N2O3. The van der Waals surface area contributed by atoms with Crippen LogP contribution in [0.2, 0.25) is 0 Å². The molecule has 0 spiro atoms. The van der Waals surface area contributed by atoms with Gasteiger partial charge in [-0.15, -0.1) is 0 Å². The number of carbonyl (C=O) groups is 1. The standard InChI is InChI=1S/C19H18N2O3/c1-14(13-15-5-3-2-4-6-15)18(22)20-9-11-21-10-7-16-8-12-24-17(16)19(21)23/h2-8,10,12-13H,9,11H2,1H3,(H,20,22). The summed E-state index contributed by atoms with van der Waals surface area (Å²) in [7, 11) is 0. The maximum Gasteiger partial charge on any atom is 0.294 e. The summed E-state index contributed by atoms with van der Waals surface area (Å²) in [5.41, 5.74) is 1.74. The summed E-state index contributed by atoms with van der Waals surface area (Å²) in [4.78, 5) is 24.3. The molecule has 0 aliphatic carbocycles. The summed E-state index contributed by atoms with van der Waals surface area (Å²) in [5, 5.41) is 3.60. The van der Waals surface area contributed by atoms with Gasteiger partial charge in [0.2, 0.25) is 5.91 Å². The van der Waals surface area contributed by atoms with E-state index in [0.29, 0.717) is 24.2 Å². The highest BCUT2D eigenvalue weighted by Crippen LogP contribution is 2.09. The molecular weight excluding hydrogens is 304 g/mol. The van der Waals surface area contributed by atoms with Crippen LogP contribution in [-0.2, 0) is 11.3 Å². The highest BCUT2D eigenvalue weighted by molar-refractivity contribution is 5.97. The summed E-state index contributed by atoms with van der Waals surface area (Å²) >= 11 is 0. The van der Waals surface area contributed by atoms with Crippen LogP contribution in [0.4, 0.5) is 0 Å². The predicted molar refractivity (Wildman–Crippen MR) is 93.6 cm³/mol. The predicted octanol–water partition coefficient (Wildman–Crippen LogP) is 2.81. The first-order valence-corrected chi connectivity index (χ1v) is 7.73. The average Bonchev–Trinajstić information content (AvgIpc) is 3.07. The van der Waals surface area contributed by atoms with E-state index in [-0.39, 0.29) is 11.5 Å². The van der Waals surface area contributed by atoms with Crippen molar-refractivity contribution in [2.24, 2.45) is 0 Å². The Morgan fingerprint density at radius 2 is 2.00 bits per heavy atom. The second-order valence-electron chi connectivity index (χ2n) is 5.51. The number of pyridine rings is 1. The summed E-state index contributed by atoms with van der Waals surface area (Å²) in [6, 6.07) is 13.2. The number of nitrogens with one attached hydrogen (secondary N) is 1. The van der Waals surface area contributed by atoms with Gasteiger partial charge in [-0.2, -0.15) is 0 Å². The maximum absolute atomic E-state index is 12.2. The average molecular weight is 322 g/mol. The quantitative estimate of drug-likeness (QED) is 0.735. The van der Waals surface area contributed by atoms with Gasteiger partial charge in [0.25, 0.3) is 5.56 Å². The number of carbonyl (C=O) groups excluding carboxylic acids is 1. The zero-order chi connectivity index (χ0) is 16.9. The number of rotatable bonds is 5. The molecule has 122 valence electrons. The molecule has 0 bridgehead atoms. The van der Waals surface area contributed by atoms with Crippen molar-refractivity contribution in [2.45, 2.75) is 13.5 Å². The van der Waals surface area contributed by atoms with Crippen LogP contribution in [-0.4, -0.2) is 17.0 Å². The Kier molecular flexibility index (Phi) is 4.61. The molecule has 1 aromatic carbocycles. The lowest BCUT2D eigenvalue weighted by molar-refractivity contribution is -0.117. The van der Waals surface area contributed by atoms with Gasteiger partial charge in [0.1, 0.15) is 0 Å². The Morgan fingerprint density at radius 1 is 1.21 bits per heavy atom. The minimum Gasteiger partial charge on any atom is -0.459 e. The summed E-state index contributed by atoms with van der Waals surface area (Å²) in [6.07, 6.45) is 5.03. The van der Waals surface area contributed by atoms with Crippen molar-refractivity contribution in [1.82, 2.24) is 9.88 Å². The largest absolute Gasteiger partial charge is 0.459 e. The lowest BCUT2D eigenvalue weighted by Crippen LogP contribution is -2.30. The minimum atomic E-state index is -0.191. The smallest absolute Gasteiger partial charge is 0.294 e. The molecule has 0 radical (unpaired) electrons. The van der Waals surface area contributed by atoms with Gasteiger partial charge < -0.3 is 14.3 Å². The van der Waals surface area contributed by atoms with Crippen molar-refractivity contribution in [2.75, 3.05) is 6.54 Å². The second-order valence-corrected chi connectivity index (χ2v) is 5.51. The SMILES string of the molecule is CC(=Cc1ccccc1)C(=O)NCCn1ccc2ccoc2c1=O. The zero-order valence-electron chi connectivity index (χ0n) is 13.4. The molecule has 0 aliphatic heterocycles. The van der Waals surface area contributed by atoms with Crippen molar-refractivity contribution in [3.63, 3.8) is 0 Å². The molecule has 3 aromatic rings. The van der Waals surface area contributed by atoms with Crippen LogP contribution in [0.25, 0.3) is 17.0 Å². The van der Waals surface area contributed by atoms with Crippen LogP contribution < -0.4 is 10.9 Å². The van der Waals surface area contributed by atoms with Crippen LogP contribution in [0.1, 0.15) is 12.5 Å². The second kappa shape index (κ2) is 7.00. The molecule has 0 fully saturated rings. The number of amides is 1. The van der Waals surface area contributed by atoms with Gasteiger partial charge in [0.15, 0.2) is 5.58 Å². The third-order valence-electron chi connectivity index (χ3n) is 3.76. The Morgan fingerprint density at radius 3 is 2.79 bits per heavy atom. The molecule has 0 unspecified atom stereocenters. The molecule has 2 aromatic heterocycles. The first-order valence-electron chi connectivity index (χ1n) is 7.73. The number of hydrogen-bond acceptors (Lipinski definition) is 3. The van der Waals surface area contributed by atoms with Gasteiger partial charge in [-0.05, 0) is 30.7 Å². The highest BCUT2D eigenvalue weighted by atomic mass is 16.3. The fraction of sp³-hybridized carbons (Fsp3) is 0.158. The summed E-state index contributed by atoms with van der Waals surface area (Å²) < 4.78 is 6.72. The van der Waals surface area contributed by atoms with Crippen LogP contribution >= 0.6 is 0 Å². The van der Waals surface area contributed by atoms with Gasteiger partial charge in [-0.25, -0.2) is 0 Å². The molecule has 0 atom stereocenters. The lowest BCUT2D eigenvalue weighted by Gasteiger charge is -2.08. The van der Waals surface area contributed by atoms with Crippen molar-refractivity contribution >= 4 is 23.0 Å². The van der Waals surface area contributed by atoms with Gasteiger partial charge >= 0.3 is 0 Å². The fourth-order valence-corrected chi connectivity index (χ4v) is 2.46. The van der Waals surface area contributed by atoms with Crippen LogP contribution in [0.15, 0.2) is 69.7 Å². The highest BCUT2D eigenvalue weighted by Gasteiger charge is 2.07. The molecule has 24 heavy (non-hydrogen) atoms. The first-order chi connectivity index (χ1) is 11.6. The number of benzene rings is 1. The molecule has 2 heterocycles. The van der Waals surface area contributed by atoms with E-state index in [1.165, 1.54) is 10.8 Å². The fourth-order valence-electron chi connectivity index (χ4n) is 2.46. The maximum atomic E-state index is 12.2. The Balaban J connectivity index is 1.61. The third kappa shape index (κ3) is 3.46. The van der Waals surface area contributed by atoms with Gasteiger partial charge in [-0.3, -0.25) is 9.59 Å². The summed E-state index contributed by atoms with van der Waals surface area (Å²) in [5.74, 6) is -0.147. The van der Waals surface area contributed by atoms with Gasteiger partial charge in [0.05, 0.1) is 6.26 Å². The van der Waals surface area contributed by atoms with Gasteiger partial charge in [0, 0.05) is 30.2 Å². The molecule has 0 aliphatic rings. The van der Waals surface area contributed by atoms with E-state index in [0.717, 1.165) is 10.9 Å². The third-order valence-corrected chi connectivity index (χ3v) is 3.76. The van der Waals surface area contributed by atoms with E-state index in [2.05, 4.69) is 5.32 Å². The van der Waals surface area contributed by atoms with Crippen molar-refractivity contribution < 1.29 is 9.21 Å². The number of nitrogens with zero attached hydrogens (tertiary/aromatic N) is 1. The minimum absolute atomic E-state index is 0.147. The molecule has 3 rings (SSSR count).